The molecule has 104 valence electrons. The SMILES string of the molecule is CCCCOCCCNC(C)c1cnn(CC)c1. The molecule has 0 radical (unpaired) electrons. The molecule has 0 fully saturated rings. The molecule has 0 spiro atoms. The summed E-state index contributed by atoms with van der Waals surface area (Å²) in [5.74, 6) is 0. The van der Waals surface area contributed by atoms with Gasteiger partial charge in [0.05, 0.1) is 6.20 Å². The molecule has 1 rings (SSSR count). The summed E-state index contributed by atoms with van der Waals surface area (Å²) in [6, 6.07) is 0.362. The third-order valence-electron chi connectivity index (χ3n) is 3.04. The Morgan fingerprint density at radius 2 is 2.11 bits per heavy atom. The molecule has 0 aliphatic carbocycles. The van der Waals surface area contributed by atoms with Gasteiger partial charge in [-0.05, 0) is 33.2 Å². The molecule has 0 aromatic carbocycles. The van der Waals surface area contributed by atoms with E-state index in [1.165, 1.54) is 18.4 Å². The van der Waals surface area contributed by atoms with Crippen molar-refractivity contribution in [2.45, 2.75) is 52.6 Å². The predicted molar refractivity (Wildman–Crippen MR) is 74.7 cm³/mol. The Balaban J connectivity index is 2.08. The molecule has 0 aliphatic rings. The average Bonchev–Trinajstić information content (AvgIpc) is 2.86. The number of nitrogens with one attached hydrogen (secondary N) is 1. The lowest BCUT2D eigenvalue weighted by molar-refractivity contribution is 0.128. The summed E-state index contributed by atoms with van der Waals surface area (Å²) >= 11 is 0. The van der Waals surface area contributed by atoms with E-state index in [4.69, 9.17) is 4.74 Å². The lowest BCUT2D eigenvalue weighted by Gasteiger charge is -2.11. The Morgan fingerprint density at radius 1 is 1.33 bits per heavy atom. The molecule has 0 aliphatic heterocycles. The van der Waals surface area contributed by atoms with E-state index in [0.29, 0.717) is 6.04 Å². The topological polar surface area (TPSA) is 39.1 Å². The minimum Gasteiger partial charge on any atom is -0.381 e. The number of aromatic nitrogens is 2. The molecular weight excluding hydrogens is 226 g/mol. The van der Waals surface area contributed by atoms with Crippen molar-refractivity contribution in [3.8, 4) is 0 Å². The summed E-state index contributed by atoms with van der Waals surface area (Å²) < 4.78 is 7.49. The number of rotatable bonds is 10. The number of aryl methyl sites for hydroxylation is 1. The maximum atomic E-state index is 5.53. The quantitative estimate of drug-likeness (QED) is 0.652. The van der Waals surface area contributed by atoms with Gasteiger partial charge in [-0.3, -0.25) is 4.68 Å². The first-order valence-electron chi connectivity index (χ1n) is 7.11. The molecule has 1 heterocycles. The molecule has 0 saturated heterocycles. The van der Waals surface area contributed by atoms with Gasteiger partial charge < -0.3 is 10.1 Å². The van der Waals surface area contributed by atoms with Crippen molar-refractivity contribution in [3.05, 3.63) is 18.0 Å². The zero-order chi connectivity index (χ0) is 13.2. The van der Waals surface area contributed by atoms with Crippen molar-refractivity contribution >= 4 is 0 Å². The van der Waals surface area contributed by atoms with Crippen LogP contribution in [0.1, 0.15) is 51.6 Å². The second kappa shape index (κ2) is 9.11. The van der Waals surface area contributed by atoms with Crippen LogP contribution in [0.4, 0.5) is 0 Å². The summed E-state index contributed by atoms with van der Waals surface area (Å²) in [6.07, 6.45) is 7.49. The van der Waals surface area contributed by atoms with Crippen LogP contribution in [-0.4, -0.2) is 29.5 Å². The lowest BCUT2D eigenvalue weighted by atomic mass is 10.2. The zero-order valence-corrected chi connectivity index (χ0v) is 12.0. The summed E-state index contributed by atoms with van der Waals surface area (Å²) in [7, 11) is 0. The Hall–Kier alpha value is -0.870. The molecule has 1 N–H and O–H groups in total. The van der Waals surface area contributed by atoms with Crippen LogP contribution in [-0.2, 0) is 11.3 Å². The molecule has 0 saturated carbocycles. The minimum atomic E-state index is 0.362. The molecule has 4 nitrogen and oxygen atoms in total. The lowest BCUT2D eigenvalue weighted by Crippen LogP contribution is -2.20. The summed E-state index contributed by atoms with van der Waals surface area (Å²) in [5, 5.41) is 7.78. The van der Waals surface area contributed by atoms with Gasteiger partial charge in [0.15, 0.2) is 0 Å². The average molecular weight is 253 g/mol. The van der Waals surface area contributed by atoms with Crippen LogP contribution >= 0.6 is 0 Å². The van der Waals surface area contributed by atoms with E-state index >= 15 is 0 Å². The van der Waals surface area contributed by atoms with Crippen molar-refractivity contribution in [2.24, 2.45) is 0 Å². The molecule has 1 aromatic rings. The Kier molecular flexibility index (Phi) is 7.69. The van der Waals surface area contributed by atoms with Gasteiger partial charge in [-0.2, -0.15) is 5.10 Å². The van der Waals surface area contributed by atoms with Crippen LogP contribution in [0.3, 0.4) is 0 Å². The smallest absolute Gasteiger partial charge is 0.0537 e. The largest absolute Gasteiger partial charge is 0.381 e. The van der Waals surface area contributed by atoms with Crippen molar-refractivity contribution in [3.63, 3.8) is 0 Å². The van der Waals surface area contributed by atoms with Gasteiger partial charge in [0.2, 0.25) is 0 Å². The molecule has 1 unspecified atom stereocenters. The van der Waals surface area contributed by atoms with E-state index in [1.54, 1.807) is 0 Å². The van der Waals surface area contributed by atoms with Gasteiger partial charge in [-0.25, -0.2) is 0 Å². The van der Waals surface area contributed by atoms with Crippen LogP contribution in [0.25, 0.3) is 0 Å². The summed E-state index contributed by atoms with van der Waals surface area (Å²) in [6.45, 7) is 10.1. The maximum absolute atomic E-state index is 5.53. The van der Waals surface area contributed by atoms with Crippen molar-refractivity contribution in [1.82, 2.24) is 15.1 Å². The fourth-order valence-corrected chi connectivity index (χ4v) is 1.74. The zero-order valence-electron chi connectivity index (χ0n) is 12.0. The highest BCUT2D eigenvalue weighted by molar-refractivity contribution is 5.08. The van der Waals surface area contributed by atoms with Crippen molar-refractivity contribution in [2.75, 3.05) is 19.8 Å². The van der Waals surface area contributed by atoms with Crippen LogP contribution in [0, 0.1) is 0 Å². The fraction of sp³-hybridized carbons (Fsp3) is 0.786. The Bertz CT molecular complexity index is 312. The highest BCUT2D eigenvalue weighted by Gasteiger charge is 2.06. The van der Waals surface area contributed by atoms with E-state index in [2.05, 4.69) is 37.4 Å². The van der Waals surface area contributed by atoms with Gasteiger partial charge >= 0.3 is 0 Å². The number of unbranched alkanes of at least 4 members (excludes halogenated alkanes) is 1. The molecule has 4 heteroatoms. The van der Waals surface area contributed by atoms with E-state index in [0.717, 1.165) is 32.7 Å². The number of nitrogens with zero attached hydrogens (tertiary/aromatic N) is 2. The Labute approximate surface area is 111 Å². The molecule has 0 amide bonds. The second-order valence-corrected chi connectivity index (χ2v) is 4.62. The van der Waals surface area contributed by atoms with Crippen molar-refractivity contribution < 1.29 is 4.74 Å². The first-order valence-corrected chi connectivity index (χ1v) is 7.11. The molecule has 1 atom stereocenters. The van der Waals surface area contributed by atoms with Gasteiger partial charge in [-0.1, -0.05) is 13.3 Å². The molecular formula is C14H27N3O. The molecule has 1 aromatic heterocycles. The van der Waals surface area contributed by atoms with E-state index in [1.807, 2.05) is 10.9 Å². The number of hydrogen-bond acceptors (Lipinski definition) is 3. The van der Waals surface area contributed by atoms with Crippen molar-refractivity contribution in [1.29, 1.82) is 0 Å². The van der Waals surface area contributed by atoms with Gasteiger partial charge in [0, 0.05) is 37.6 Å². The predicted octanol–water partition coefficient (Wildman–Crippen LogP) is 2.76. The summed E-state index contributed by atoms with van der Waals surface area (Å²) in [5.41, 5.74) is 1.25. The Morgan fingerprint density at radius 3 is 2.78 bits per heavy atom. The highest BCUT2D eigenvalue weighted by atomic mass is 16.5. The van der Waals surface area contributed by atoms with Gasteiger partial charge in [-0.15, -0.1) is 0 Å². The van der Waals surface area contributed by atoms with Gasteiger partial charge in [0.1, 0.15) is 0 Å². The van der Waals surface area contributed by atoms with E-state index in [9.17, 15) is 0 Å². The number of hydrogen-bond donors (Lipinski definition) is 1. The highest BCUT2D eigenvalue weighted by Crippen LogP contribution is 2.10. The minimum absolute atomic E-state index is 0.362. The monoisotopic (exact) mass is 253 g/mol. The van der Waals surface area contributed by atoms with Crippen LogP contribution in [0.5, 0.6) is 0 Å². The second-order valence-electron chi connectivity index (χ2n) is 4.62. The van der Waals surface area contributed by atoms with E-state index in [-0.39, 0.29) is 0 Å². The third kappa shape index (κ3) is 5.65. The third-order valence-corrected chi connectivity index (χ3v) is 3.04. The number of ether oxygens (including phenoxy) is 1. The van der Waals surface area contributed by atoms with Crippen LogP contribution < -0.4 is 5.32 Å². The standard InChI is InChI=1S/C14H27N3O/c1-4-6-9-18-10-7-8-15-13(3)14-11-16-17(5-2)12-14/h11-13,15H,4-10H2,1-3H3. The first-order chi connectivity index (χ1) is 8.77. The maximum Gasteiger partial charge on any atom is 0.0537 e. The van der Waals surface area contributed by atoms with Crippen LogP contribution in [0.15, 0.2) is 12.4 Å². The van der Waals surface area contributed by atoms with Crippen LogP contribution in [0.2, 0.25) is 0 Å². The first kappa shape index (κ1) is 15.2. The summed E-state index contributed by atoms with van der Waals surface area (Å²) in [4.78, 5) is 0. The molecule has 18 heavy (non-hydrogen) atoms. The molecule has 0 bridgehead atoms. The fourth-order valence-electron chi connectivity index (χ4n) is 1.74. The van der Waals surface area contributed by atoms with E-state index < -0.39 is 0 Å². The normalized spacial score (nSPS) is 12.8. The van der Waals surface area contributed by atoms with Gasteiger partial charge in [0.25, 0.3) is 0 Å².